The van der Waals surface area contributed by atoms with Crippen molar-refractivity contribution >= 4 is 17.3 Å². The van der Waals surface area contributed by atoms with Crippen LogP contribution in [0.4, 0.5) is 0 Å². The van der Waals surface area contributed by atoms with E-state index >= 15 is 0 Å². The molecular weight excluding hydrogens is 450 g/mol. The van der Waals surface area contributed by atoms with Crippen molar-refractivity contribution in [1.29, 1.82) is 0 Å². The molecule has 0 saturated carbocycles. The monoisotopic (exact) mass is 481 g/mol. The molecule has 1 aliphatic heterocycles. The maximum Gasteiger partial charge on any atom is 0.307 e. The van der Waals surface area contributed by atoms with Crippen LogP contribution < -0.4 is 14.2 Å². The van der Waals surface area contributed by atoms with E-state index in [9.17, 15) is 9.90 Å². The molecule has 6 nitrogen and oxygen atoms in total. The van der Waals surface area contributed by atoms with Gasteiger partial charge >= 0.3 is 5.97 Å². The van der Waals surface area contributed by atoms with Crippen molar-refractivity contribution in [3.05, 3.63) is 75.5 Å². The summed E-state index contributed by atoms with van der Waals surface area (Å²) in [6, 6.07) is 16.0. The maximum absolute atomic E-state index is 11.8. The third-order valence-electron chi connectivity index (χ3n) is 6.21. The minimum atomic E-state index is -0.731. The first kappa shape index (κ1) is 24.1. The van der Waals surface area contributed by atoms with Crippen LogP contribution in [0.3, 0.4) is 0 Å². The molecule has 2 aromatic carbocycles. The first-order valence-corrected chi connectivity index (χ1v) is 12.3. The SMILES string of the molecule is COc1cc(C(c2cc(C)cs2)N2CCCC(C(=O)O)C2)cc(OC)c1OCc1ccccc1. The lowest BCUT2D eigenvalue weighted by Crippen LogP contribution is -2.41. The molecule has 34 heavy (non-hydrogen) atoms. The zero-order valence-electron chi connectivity index (χ0n) is 19.8. The van der Waals surface area contributed by atoms with E-state index in [0.29, 0.717) is 36.8 Å². The lowest BCUT2D eigenvalue weighted by Gasteiger charge is -2.37. The number of methoxy groups -OCH3 is 2. The largest absolute Gasteiger partial charge is 0.493 e. The van der Waals surface area contributed by atoms with Gasteiger partial charge in [0.15, 0.2) is 11.5 Å². The number of carboxylic acids is 1. The number of hydrogen-bond donors (Lipinski definition) is 1. The highest BCUT2D eigenvalue weighted by molar-refractivity contribution is 7.10. The number of aliphatic carboxylic acids is 1. The first-order valence-electron chi connectivity index (χ1n) is 11.4. The number of hydrogen-bond acceptors (Lipinski definition) is 6. The molecule has 2 unspecified atom stereocenters. The third-order valence-corrected chi connectivity index (χ3v) is 7.32. The van der Waals surface area contributed by atoms with Crippen molar-refractivity contribution in [3.63, 3.8) is 0 Å². The van der Waals surface area contributed by atoms with Gasteiger partial charge in [0.1, 0.15) is 6.61 Å². The summed E-state index contributed by atoms with van der Waals surface area (Å²) in [5.41, 5.74) is 3.24. The van der Waals surface area contributed by atoms with Crippen molar-refractivity contribution in [2.45, 2.75) is 32.4 Å². The van der Waals surface area contributed by atoms with Gasteiger partial charge in [-0.2, -0.15) is 0 Å². The number of nitrogens with zero attached hydrogens (tertiary/aromatic N) is 1. The Morgan fingerprint density at radius 2 is 1.85 bits per heavy atom. The maximum atomic E-state index is 11.8. The summed E-state index contributed by atoms with van der Waals surface area (Å²) in [6.07, 6.45) is 1.56. The summed E-state index contributed by atoms with van der Waals surface area (Å²) < 4.78 is 17.6. The van der Waals surface area contributed by atoms with Crippen molar-refractivity contribution in [2.24, 2.45) is 5.92 Å². The first-order chi connectivity index (χ1) is 16.5. The van der Waals surface area contributed by atoms with Gasteiger partial charge in [0, 0.05) is 11.4 Å². The molecule has 1 aliphatic rings. The molecule has 2 atom stereocenters. The van der Waals surface area contributed by atoms with E-state index in [-0.39, 0.29) is 12.0 Å². The smallest absolute Gasteiger partial charge is 0.307 e. The zero-order chi connectivity index (χ0) is 24.1. The van der Waals surface area contributed by atoms with Gasteiger partial charge < -0.3 is 19.3 Å². The van der Waals surface area contributed by atoms with Crippen LogP contribution in [-0.2, 0) is 11.4 Å². The van der Waals surface area contributed by atoms with Gasteiger partial charge in [0.25, 0.3) is 0 Å². The van der Waals surface area contributed by atoms with Gasteiger partial charge in [-0.3, -0.25) is 9.69 Å². The number of thiophene rings is 1. The molecule has 4 rings (SSSR count). The lowest BCUT2D eigenvalue weighted by molar-refractivity contribution is -0.143. The number of benzene rings is 2. The molecule has 0 spiro atoms. The third kappa shape index (κ3) is 5.37. The van der Waals surface area contributed by atoms with Crippen molar-refractivity contribution in [2.75, 3.05) is 27.3 Å². The molecule has 7 heteroatoms. The standard InChI is InChI=1S/C27H31NO5S/c1-18-12-24(34-17-18)25(28-11-7-10-20(15-28)27(29)30)21-13-22(31-2)26(23(14-21)32-3)33-16-19-8-5-4-6-9-19/h4-6,8-9,12-14,17,20,25H,7,10-11,15-16H2,1-3H3,(H,29,30). The Kier molecular flexibility index (Phi) is 7.75. The Labute approximate surface area is 204 Å². The number of piperidine rings is 1. The summed E-state index contributed by atoms with van der Waals surface area (Å²) in [4.78, 5) is 15.2. The van der Waals surface area contributed by atoms with Gasteiger partial charge in [-0.1, -0.05) is 30.3 Å². The average molecular weight is 482 g/mol. The number of rotatable bonds is 9. The normalized spacial score (nSPS) is 17.2. The fourth-order valence-corrected chi connectivity index (χ4v) is 5.58. The van der Waals surface area contributed by atoms with Crippen LogP contribution in [0.2, 0.25) is 0 Å². The molecule has 1 aromatic heterocycles. The molecule has 1 saturated heterocycles. The Morgan fingerprint density at radius 3 is 2.44 bits per heavy atom. The number of carbonyl (C=O) groups is 1. The summed E-state index contributed by atoms with van der Waals surface area (Å²) in [5.74, 6) is 0.645. The van der Waals surface area contributed by atoms with Gasteiger partial charge in [-0.25, -0.2) is 0 Å². The van der Waals surface area contributed by atoms with E-state index in [1.54, 1.807) is 25.6 Å². The number of aryl methyl sites for hydroxylation is 1. The number of carboxylic acid groups (broad SMARTS) is 1. The van der Waals surface area contributed by atoms with E-state index in [1.807, 2.05) is 42.5 Å². The summed E-state index contributed by atoms with van der Waals surface area (Å²) in [6.45, 7) is 3.82. The quantitative estimate of drug-likeness (QED) is 0.433. The Balaban J connectivity index is 1.71. The van der Waals surface area contributed by atoms with Crippen LogP contribution in [-0.4, -0.2) is 43.3 Å². The molecule has 2 heterocycles. The molecule has 180 valence electrons. The van der Waals surface area contributed by atoms with Gasteiger partial charge in [-0.05, 0) is 66.6 Å². The Morgan fingerprint density at radius 1 is 1.15 bits per heavy atom. The molecule has 0 radical (unpaired) electrons. The van der Waals surface area contributed by atoms with E-state index in [1.165, 1.54) is 10.4 Å². The van der Waals surface area contributed by atoms with Crippen LogP contribution in [0.15, 0.2) is 53.9 Å². The molecule has 1 N–H and O–H groups in total. The molecule has 0 aliphatic carbocycles. The van der Waals surface area contributed by atoms with Crippen molar-refractivity contribution in [3.8, 4) is 17.2 Å². The summed E-state index contributed by atoms with van der Waals surface area (Å²) in [7, 11) is 3.25. The van der Waals surface area contributed by atoms with E-state index in [2.05, 4.69) is 23.3 Å². The highest BCUT2D eigenvalue weighted by Crippen LogP contribution is 2.44. The van der Waals surface area contributed by atoms with E-state index in [0.717, 1.165) is 24.1 Å². The van der Waals surface area contributed by atoms with Crippen LogP contribution in [0.5, 0.6) is 17.2 Å². The Hall–Kier alpha value is -3.03. The van der Waals surface area contributed by atoms with Gasteiger partial charge in [0.2, 0.25) is 5.75 Å². The molecule has 1 fully saturated rings. The lowest BCUT2D eigenvalue weighted by atomic mass is 9.93. The van der Waals surface area contributed by atoms with Crippen LogP contribution in [0.1, 0.15) is 40.5 Å². The van der Waals surface area contributed by atoms with Gasteiger partial charge in [0.05, 0.1) is 26.2 Å². The van der Waals surface area contributed by atoms with E-state index in [4.69, 9.17) is 14.2 Å². The molecule has 3 aromatic rings. The highest BCUT2D eigenvalue weighted by atomic mass is 32.1. The minimum Gasteiger partial charge on any atom is -0.493 e. The second-order valence-electron chi connectivity index (χ2n) is 8.63. The fourth-order valence-electron chi connectivity index (χ4n) is 4.52. The minimum absolute atomic E-state index is 0.0909. The second kappa shape index (κ2) is 10.9. The predicted octanol–water partition coefficient (Wildman–Crippen LogP) is 5.54. The van der Waals surface area contributed by atoms with Crippen LogP contribution >= 0.6 is 11.3 Å². The zero-order valence-corrected chi connectivity index (χ0v) is 20.6. The summed E-state index contributed by atoms with van der Waals surface area (Å²) in [5, 5.41) is 11.8. The number of likely N-dealkylation sites (tertiary alicyclic amines) is 1. The number of ether oxygens (including phenoxy) is 3. The van der Waals surface area contributed by atoms with Crippen molar-refractivity contribution in [1.82, 2.24) is 4.90 Å². The van der Waals surface area contributed by atoms with Crippen LogP contribution in [0, 0.1) is 12.8 Å². The topological polar surface area (TPSA) is 68.2 Å². The fraction of sp³-hybridized carbons (Fsp3) is 0.370. The average Bonchev–Trinajstić information content (AvgIpc) is 3.29. The van der Waals surface area contributed by atoms with Gasteiger partial charge in [-0.15, -0.1) is 11.3 Å². The van der Waals surface area contributed by atoms with E-state index < -0.39 is 5.97 Å². The van der Waals surface area contributed by atoms with Crippen LogP contribution in [0.25, 0.3) is 0 Å². The summed E-state index contributed by atoms with van der Waals surface area (Å²) >= 11 is 1.69. The molecule has 0 amide bonds. The molecular formula is C27H31NO5S. The highest BCUT2D eigenvalue weighted by Gasteiger charge is 2.33. The second-order valence-corrected chi connectivity index (χ2v) is 9.57. The van der Waals surface area contributed by atoms with Crippen molar-refractivity contribution < 1.29 is 24.1 Å². The predicted molar refractivity (Wildman–Crippen MR) is 133 cm³/mol. The Bertz CT molecular complexity index is 1090. The molecule has 0 bridgehead atoms.